The minimum Gasteiger partial charge on any atom is -0.488 e. The Hall–Kier alpha value is -3.47. The first-order valence-electron chi connectivity index (χ1n) is 14.7. The fourth-order valence-corrected chi connectivity index (χ4v) is 7.59. The normalized spacial score (nSPS) is 26.2. The summed E-state index contributed by atoms with van der Waals surface area (Å²) < 4.78 is 6.58. The third-order valence-electron chi connectivity index (χ3n) is 9.11. The van der Waals surface area contributed by atoms with Crippen LogP contribution in [0, 0.1) is 11.8 Å². The lowest BCUT2D eigenvalue weighted by Crippen LogP contribution is -2.50. The highest BCUT2D eigenvalue weighted by atomic mass is 32.1. The number of fused-ring (bicyclic) bond motifs is 1. The average molecular weight is 581 g/mol. The number of carbonyl (C=O) groups excluding carboxylic acids is 3. The van der Waals surface area contributed by atoms with Crippen molar-refractivity contribution < 1.29 is 29.0 Å². The van der Waals surface area contributed by atoms with Crippen molar-refractivity contribution in [1.82, 2.24) is 19.7 Å². The van der Waals surface area contributed by atoms with Crippen LogP contribution in [-0.2, 0) is 20.8 Å². The maximum Gasteiger partial charge on any atom is 0.307 e. The summed E-state index contributed by atoms with van der Waals surface area (Å²) in [6, 6.07) is 5.51. The van der Waals surface area contributed by atoms with Crippen LogP contribution in [0.3, 0.4) is 0 Å². The fourth-order valence-electron chi connectivity index (χ4n) is 7.00. The number of carboxylic acids is 1. The fraction of sp³-hybridized carbons (Fsp3) is 0.567. The summed E-state index contributed by atoms with van der Waals surface area (Å²) >= 11 is 1.32. The second-order valence-corrected chi connectivity index (χ2v) is 12.4. The highest BCUT2D eigenvalue weighted by molar-refractivity contribution is 7.11. The third kappa shape index (κ3) is 5.56. The van der Waals surface area contributed by atoms with Gasteiger partial charge >= 0.3 is 5.97 Å². The van der Waals surface area contributed by atoms with Gasteiger partial charge in [0, 0.05) is 44.6 Å². The van der Waals surface area contributed by atoms with Crippen molar-refractivity contribution in [3.8, 4) is 5.75 Å². The second-order valence-electron chi connectivity index (χ2n) is 11.6. The molecule has 11 heteroatoms. The number of aromatic nitrogens is 1. The molecule has 1 unspecified atom stereocenters. The van der Waals surface area contributed by atoms with Crippen LogP contribution in [0.5, 0.6) is 5.75 Å². The first-order chi connectivity index (χ1) is 19.9. The molecule has 0 spiro atoms. The van der Waals surface area contributed by atoms with Crippen molar-refractivity contribution in [3.05, 3.63) is 45.9 Å². The van der Waals surface area contributed by atoms with Crippen LogP contribution in [-0.4, -0.2) is 87.3 Å². The minimum absolute atomic E-state index is 0.0450. The first-order valence-corrected chi connectivity index (χ1v) is 15.6. The van der Waals surface area contributed by atoms with E-state index in [1.54, 1.807) is 16.6 Å². The Morgan fingerprint density at radius 3 is 2.59 bits per heavy atom. The van der Waals surface area contributed by atoms with E-state index in [0.717, 1.165) is 30.4 Å². The van der Waals surface area contributed by atoms with E-state index in [1.165, 1.54) is 11.3 Å². The number of rotatable bonds is 7. The summed E-state index contributed by atoms with van der Waals surface area (Å²) in [6.07, 6.45) is 6.74. The number of benzene rings is 1. The molecule has 0 radical (unpaired) electrons. The number of ether oxygens (including phenoxy) is 1. The van der Waals surface area contributed by atoms with Crippen molar-refractivity contribution in [1.29, 1.82) is 0 Å². The topological polar surface area (TPSA) is 120 Å². The lowest BCUT2D eigenvalue weighted by atomic mass is 9.77. The lowest BCUT2D eigenvalue weighted by molar-refractivity contribution is -0.154. The SMILES string of the molecule is O=C(O)[C@H]1CCCC[C@H]1C(=O)N1CCc2cccc(OC3CCN(C(=O)c4cncs4)C3)c2[C@H]1CN1CCCC1=O. The monoisotopic (exact) mass is 580 g/mol. The van der Waals surface area contributed by atoms with Crippen LogP contribution >= 0.6 is 11.3 Å². The number of likely N-dealkylation sites (tertiary alicyclic amines) is 2. The van der Waals surface area contributed by atoms with Gasteiger partial charge in [0.05, 0.1) is 36.1 Å². The van der Waals surface area contributed by atoms with Crippen molar-refractivity contribution in [2.75, 3.05) is 32.7 Å². The molecule has 1 aromatic heterocycles. The molecule has 1 aromatic carbocycles. The standard InChI is InChI=1S/C30H36N4O6S/c35-26-9-4-12-32(26)17-23-27-19(10-14-34(23)28(36)21-6-1-2-7-22(21)30(38)39)5-3-8-24(27)40-20-11-13-33(16-20)29(37)25-15-31-18-41-25/h3,5,8,15,18,20-23H,1-2,4,6-7,9-14,16-17H2,(H,38,39)/t20?,21-,22+,23-/m1/s1. The van der Waals surface area contributed by atoms with Crippen LogP contribution in [0.25, 0.3) is 0 Å². The largest absolute Gasteiger partial charge is 0.488 e. The zero-order chi connectivity index (χ0) is 28.5. The smallest absolute Gasteiger partial charge is 0.307 e. The van der Waals surface area contributed by atoms with Gasteiger partial charge in [-0.3, -0.25) is 24.2 Å². The van der Waals surface area contributed by atoms with Gasteiger partial charge in [0.2, 0.25) is 11.8 Å². The second kappa shape index (κ2) is 11.8. The molecule has 3 fully saturated rings. The molecule has 1 saturated carbocycles. The van der Waals surface area contributed by atoms with Gasteiger partial charge in [0.25, 0.3) is 5.91 Å². The minimum atomic E-state index is -0.908. The van der Waals surface area contributed by atoms with Gasteiger partial charge < -0.3 is 24.5 Å². The Morgan fingerprint density at radius 2 is 1.85 bits per heavy atom. The molecule has 1 aliphatic carbocycles. The molecule has 41 heavy (non-hydrogen) atoms. The van der Waals surface area contributed by atoms with Crippen LogP contribution in [0.4, 0.5) is 0 Å². The summed E-state index contributed by atoms with van der Waals surface area (Å²) in [6.45, 7) is 2.54. The number of aliphatic carboxylic acids is 1. The maximum absolute atomic E-state index is 14.1. The van der Waals surface area contributed by atoms with Gasteiger partial charge in [-0.25, -0.2) is 0 Å². The number of amides is 3. The van der Waals surface area contributed by atoms with Gasteiger partial charge in [-0.1, -0.05) is 25.0 Å². The highest BCUT2D eigenvalue weighted by Crippen LogP contribution is 2.41. The van der Waals surface area contributed by atoms with E-state index in [0.29, 0.717) is 75.5 Å². The van der Waals surface area contributed by atoms with E-state index >= 15 is 0 Å². The van der Waals surface area contributed by atoms with E-state index in [-0.39, 0.29) is 23.8 Å². The number of hydrogen-bond donors (Lipinski definition) is 1. The summed E-state index contributed by atoms with van der Waals surface area (Å²) in [7, 11) is 0. The molecule has 0 bridgehead atoms. The quantitative estimate of drug-likeness (QED) is 0.533. The zero-order valence-electron chi connectivity index (χ0n) is 23.1. The number of carboxylic acid groups (broad SMARTS) is 1. The van der Waals surface area contributed by atoms with E-state index in [9.17, 15) is 24.3 Å². The molecule has 10 nitrogen and oxygen atoms in total. The van der Waals surface area contributed by atoms with E-state index in [1.807, 2.05) is 21.9 Å². The number of nitrogens with zero attached hydrogens (tertiary/aromatic N) is 4. The number of carbonyl (C=O) groups is 4. The van der Waals surface area contributed by atoms with Gasteiger partial charge in [0.15, 0.2) is 0 Å². The Labute approximate surface area is 243 Å². The van der Waals surface area contributed by atoms with E-state index in [2.05, 4.69) is 11.1 Å². The summed E-state index contributed by atoms with van der Waals surface area (Å²) in [5.41, 5.74) is 3.64. The Bertz CT molecular complexity index is 1320. The van der Waals surface area contributed by atoms with Gasteiger partial charge in [-0.05, 0) is 37.3 Å². The molecule has 1 N–H and O–H groups in total. The molecule has 2 aromatic rings. The first kappa shape index (κ1) is 27.7. The molecule has 218 valence electrons. The van der Waals surface area contributed by atoms with Crippen LogP contribution in [0.1, 0.15) is 71.8 Å². The highest BCUT2D eigenvalue weighted by Gasteiger charge is 2.43. The van der Waals surface area contributed by atoms with E-state index < -0.39 is 23.8 Å². The van der Waals surface area contributed by atoms with E-state index in [4.69, 9.17) is 4.74 Å². The maximum atomic E-state index is 14.1. The third-order valence-corrected chi connectivity index (χ3v) is 9.87. The number of thiazole rings is 1. The Kier molecular flexibility index (Phi) is 7.96. The summed E-state index contributed by atoms with van der Waals surface area (Å²) in [4.78, 5) is 61.8. The average Bonchev–Trinajstić information content (AvgIpc) is 3.76. The predicted octanol–water partition coefficient (Wildman–Crippen LogP) is 3.38. The van der Waals surface area contributed by atoms with Crippen molar-refractivity contribution >= 4 is 35.0 Å². The van der Waals surface area contributed by atoms with Crippen LogP contribution in [0.2, 0.25) is 0 Å². The molecule has 3 amide bonds. The van der Waals surface area contributed by atoms with Crippen LogP contribution < -0.4 is 4.74 Å². The van der Waals surface area contributed by atoms with Crippen molar-refractivity contribution in [2.24, 2.45) is 11.8 Å². The number of hydrogen-bond acceptors (Lipinski definition) is 7. The molecular weight excluding hydrogens is 544 g/mol. The van der Waals surface area contributed by atoms with Gasteiger partial charge in [0.1, 0.15) is 16.7 Å². The van der Waals surface area contributed by atoms with Gasteiger partial charge in [-0.2, -0.15) is 0 Å². The lowest BCUT2D eigenvalue weighted by Gasteiger charge is -2.43. The molecule has 3 aliphatic heterocycles. The predicted molar refractivity (Wildman–Crippen MR) is 151 cm³/mol. The molecular formula is C30H36N4O6S. The Morgan fingerprint density at radius 1 is 1.02 bits per heavy atom. The zero-order valence-corrected chi connectivity index (χ0v) is 23.9. The van der Waals surface area contributed by atoms with Crippen LogP contribution in [0.15, 0.2) is 29.9 Å². The molecule has 4 aliphatic rings. The van der Waals surface area contributed by atoms with Gasteiger partial charge in [-0.15, -0.1) is 11.3 Å². The van der Waals surface area contributed by atoms with Crippen molar-refractivity contribution in [3.63, 3.8) is 0 Å². The molecule has 6 rings (SSSR count). The summed E-state index contributed by atoms with van der Waals surface area (Å²) in [5.74, 6) is -1.57. The molecule has 4 heterocycles. The van der Waals surface area contributed by atoms with Crippen molar-refractivity contribution in [2.45, 2.75) is 63.5 Å². The molecule has 4 atom stereocenters. The summed E-state index contributed by atoms with van der Waals surface area (Å²) in [5, 5.41) is 9.89. The Balaban J connectivity index is 1.28. The molecule has 2 saturated heterocycles.